The number of urea groups is 1. The van der Waals surface area contributed by atoms with Crippen LogP contribution < -0.4 is 5.32 Å². The third-order valence-electron chi connectivity index (χ3n) is 4.02. The van der Waals surface area contributed by atoms with Crippen molar-refractivity contribution in [3.05, 3.63) is 0 Å². The van der Waals surface area contributed by atoms with E-state index in [0.717, 1.165) is 25.7 Å². The lowest BCUT2D eigenvalue weighted by Gasteiger charge is -2.34. The molecule has 1 rings (SSSR count). The molecule has 0 aromatic heterocycles. The summed E-state index contributed by atoms with van der Waals surface area (Å²) in [5.41, 5.74) is 0. The van der Waals surface area contributed by atoms with Crippen molar-refractivity contribution in [1.82, 2.24) is 10.2 Å². The number of carboxylic acids is 2. The van der Waals surface area contributed by atoms with Crippen LogP contribution in [0.1, 0.15) is 45.4 Å². The van der Waals surface area contributed by atoms with E-state index in [1.807, 2.05) is 0 Å². The molecule has 3 unspecified atom stereocenters. The topological polar surface area (TPSA) is 107 Å². The molecule has 0 aromatic rings. The quantitative estimate of drug-likeness (QED) is 0.689. The summed E-state index contributed by atoms with van der Waals surface area (Å²) in [6.07, 6.45) is 3.64. The molecule has 0 bridgehead atoms. The molecule has 1 fully saturated rings. The van der Waals surface area contributed by atoms with Crippen molar-refractivity contribution in [2.24, 2.45) is 5.92 Å². The molecule has 7 nitrogen and oxygen atoms in total. The molecule has 21 heavy (non-hydrogen) atoms. The van der Waals surface area contributed by atoms with Gasteiger partial charge in [0.1, 0.15) is 6.04 Å². The van der Waals surface area contributed by atoms with Gasteiger partial charge in [0.05, 0.1) is 0 Å². The van der Waals surface area contributed by atoms with Crippen LogP contribution in [-0.2, 0) is 9.59 Å². The SMILES string of the molecule is CC1CCCC(N(C)C(=O)NC(CCC(=O)O)C(=O)O)C1. The highest BCUT2D eigenvalue weighted by molar-refractivity contribution is 5.83. The maximum Gasteiger partial charge on any atom is 0.326 e. The van der Waals surface area contributed by atoms with Crippen LogP contribution in [0.4, 0.5) is 4.79 Å². The van der Waals surface area contributed by atoms with Crippen LogP contribution in [0, 0.1) is 5.92 Å². The van der Waals surface area contributed by atoms with Crippen molar-refractivity contribution in [3.63, 3.8) is 0 Å². The van der Waals surface area contributed by atoms with Gasteiger partial charge in [-0.25, -0.2) is 9.59 Å². The lowest BCUT2D eigenvalue weighted by molar-refractivity contribution is -0.140. The minimum absolute atomic E-state index is 0.114. The molecule has 0 saturated heterocycles. The summed E-state index contributed by atoms with van der Waals surface area (Å²) in [6, 6.07) is -1.51. The van der Waals surface area contributed by atoms with Crippen molar-refractivity contribution >= 4 is 18.0 Å². The van der Waals surface area contributed by atoms with E-state index in [4.69, 9.17) is 10.2 Å². The van der Waals surface area contributed by atoms with Crippen molar-refractivity contribution < 1.29 is 24.6 Å². The number of rotatable bonds is 6. The Balaban J connectivity index is 2.55. The molecule has 0 aliphatic heterocycles. The second-order valence-electron chi connectivity index (χ2n) is 5.81. The van der Waals surface area contributed by atoms with Gasteiger partial charge in [-0.15, -0.1) is 0 Å². The lowest BCUT2D eigenvalue weighted by Crippen LogP contribution is -2.50. The van der Waals surface area contributed by atoms with Crippen LogP contribution in [-0.4, -0.2) is 52.2 Å². The monoisotopic (exact) mass is 300 g/mol. The average Bonchev–Trinajstić information content (AvgIpc) is 2.41. The van der Waals surface area contributed by atoms with Crippen LogP contribution in [0.25, 0.3) is 0 Å². The zero-order valence-corrected chi connectivity index (χ0v) is 12.5. The second kappa shape index (κ2) is 7.85. The molecule has 3 N–H and O–H groups in total. The predicted molar refractivity (Wildman–Crippen MR) is 76.0 cm³/mol. The number of carbonyl (C=O) groups is 3. The van der Waals surface area contributed by atoms with Crippen molar-refractivity contribution in [1.29, 1.82) is 0 Å². The Hall–Kier alpha value is -1.79. The van der Waals surface area contributed by atoms with Crippen LogP contribution in [0.5, 0.6) is 0 Å². The van der Waals surface area contributed by atoms with Gasteiger partial charge in [0.15, 0.2) is 0 Å². The Morgan fingerprint density at radius 2 is 1.95 bits per heavy atom. The molecule has 0 radical (unpaired) electrons. The second-order valence-corrected chi connectivity index (χ2v) is 5.81. The maximum absolute atomic E-state index is 12.1. The molecule has 1 saturated carbocycles. The first-order chi connectivity index (χ1) is 9.81. The van der Waals surface area contributed by atoms with Crippen LogP contribution in [0.15, 0.2) is 0 Å². The van der Waals surface area contributed by atoms with Crippen molar-refractivity contribution in [2.75, 3.05) is 7.05 Å². The molecule has 0 spiro atoms. The summed E-state index contributed by atoms with van der Waals surface area (Å²) in [4.78, 5) is 35.2. The molecular formula is C14H24N2O5. The fraction of sp³-hybridized carbons (Fsp3) is 0.786. The zero-order chi connectivity index (χ0) is 16.0. The van der Waals surface area contributed by atoms with Crippen molar-refractivity contribution in [3.8, 4) is 0 Å². The summed E-state index contributed by atoms with van der Waals surface area (Å²) >= 11 is 0. The fourth-order valence-corrected chi connectivity index (χ4v) is 2.70. The van der Waals surface area contributed by atoms with E-state index in [1.54, 1.807) is 11.9 Å². The van der Waals surface area contributed by atoms with E-state index in [1.165, 1.54) is 0 Å². The summed E-state index contributed by atoms with van der Waals surface area (Å²) in [6.45, 7) is 2.14. The Morgan fingerprint density at radius 1 is 1.29 bits per heavy atom. The maximum atomic E-state index is 12.1. The normalized spacial score (nSPS) is 23.1. The number of aliphatic carboxylic acids is 2. The lowest BCUT2D eigenvalue weighted by atomic mass is 9.86. The standard InChI is InChI=1S/C14H24N2O5/c1-9-4-3-5-10(8-9)16(2)14(21)15-11(13(19)20)6-7-12(17)18/h9-11H,3-8H2,1-2H3,(H,15,21)(H,17,18)(H,19,20). The van der Waals surface area contributed by atoms with Gasteiger partial charge in [-0.05, 0) is 25.2 Å². The highest BCUT2D eigenvalue weighted by Crippen LogP contribution is 2.26. The molecule has 1 aliphatic carbocycles. The number of carboxylic acid groups (broad SMARTS) is 2. The van der Waals surface area contributed by atoms with E-state index >= 15 is 0 Å². The summed E-state index contributed by atoms with van der Waals surface area (Å²) < 4.78 is 0. The van der Waals surface area contributed by atoms with Gasteiger partial charge in [0, 0.05) is 19.5 Å². The Kier molecular flexibility index (Phi) is 6.45. The molecule has 2 amide bonds. The van der Waals surface area contributed by atoms with E-state index in [2.05, 4.69) is 12.2 Å². The first-order valence-corrected chi connectivity index (χ1v) is 7.29. The summed E-state index contributed by atoms with van der Waals surface area (Å²) in [5.74, 6) is -1.73. The first kappa shape index (κ1) is 17.3. The van der Waals surface area contributed by atoms with E-state index in [-0.39, 0.29) is 18.9 Å². The van der Waals surface area contributed by atoms with Crippen LogP contribution in [0.3, 0.4) is 0 Å². The van der Waals surface area contributed by atoms with Gasteiger partial charge in [-0.3, -0.25) is 4.79 Å². The van der Waals surface area contributed by atoms with Gasteiger partial charge in [-0.1, -0.05) is 19.8 Å². The molecule has 3 atom stereocenters. The molecule has 0 heterocycles. The number of carbonyl (C=O) groups excluding carboxylic acids is 1. The first-order valence-electron chi connectivity index (χ1n) is 7.29. The highest BCUT2D eigenvalue weighted by atomic mass is 16.4. The third-order valence-corrected chi connectivity index (χ3v) is 4.02. The van der Waals surface area contributed by atoms with E-state index < -0.39 is 24.0 Å². The number of nitrogens with zero attached hydrogens (tertiary/aromatic N) is 1. The van der Waals surface area contributed by atoms with Gasteiger partial charge >= 0.3 is 18.0 Å². The molecule has 1 aliphatic rings. The summed E-state index contributed by atoms with van der Waals surface area (Å²) in [5, 5.41) is 20.1. The van der Waals surface area contributed by atoms with E-state index in [9.17, 15) is 14.4 Å². The largest absolute Gasteiger partial charge is 0.481 e. The Morgan fingerprint density at radius 3 is 2.48 bits per heavy atom. The van der Waals surface area contributed by atoms with E-state index in [0.29, 0.717) is 5.92 Å². The number of hydrogen-bond acceptors (Lipinski definition) is 3. The van der Waals surface area contributed by atoms with Gasteiger partial charge in [0.2, 0.25) is 0 Å². The Labute approximate surface area is 124 Å². The molecule has 120 valence electrons. The van der Waals surface area contributed by atoms with Gasteiger partial charge in [0.25, 0.3) is 0 Å². The Bertz CT molecular complexity index is 399. The predicted octanol–water partition coefficient (Wildman–Crippen LogP) is 1.52. The molecule has 7 heteroatoms. The average molecular weight is 300 g/mol. The fourth-order valence-electron chi connectivity index (χ4n) is 2.70. The smallest absolute Gasteiger partial charge is 0.326 e. The molecule has 0 aromatic carbocycles. The highest BCUT2D eigenvalue weighted by Gasteiger charge is 2.28. The van der Waals surface area contributed by atoms with Gasteiger partial charge < -0.3 is 20.4 Å². The van der Waals surface area contributed by atoms with Crippen molar-refractivity contribution in [2.45, 2.75) is 57.5 Å². The number of hydrogen-bond donors (Lipinski definition) is 3. The minimum Gasteiger partial charge on any atom is -0.481 e. The number of amides is 2. The van der Waals surface area contributed by atoms with Crippen LogP contribution in [0.2, 0.25) is 0 Å². The van der Waals surface area contributed by atoms with Gasteiger partial charge in [-0.2, -0.15) is 0 Å². The third kappa shape index (κ3) is 5.61. The summed E-state index contributed by atoms with van der Waals surface area (Å²) in [7, 11) is 1.66. The number of nitrogens with one attached hydrogen (secondary N) is 1. The van der Waals surface area contributed by atoms with Crippen LogP contribution >= 0.6 is 0 Å². The minimum atomic E-state index is -1.21. The zero-order valence-electron chi connectivity index (χ0n) is 12.5. The molecular weight excluding hydrogens is 276 g/mol.